The predicted octanol–water partition coefficient (Wildman–Crippen LogP) is 2.04. The van der Waals surface area contributed by atoms with Crippen molar-refractivity contribution in [3.05, 3.63) is 47.9 Å². The molecule has 3 aromatic heterocycles. The van der Waals surface area contributed by atoms with Crippen LogP contribution in [-0.2, 0) is 10.3 Å². The molecule has 1 atom stereocenters. The number of nitrogens with one attached hydrogen (secondary N) is 2. The van der Waals surface area contributed by atoms with E-state index < -0.39 is 11.6 Å². The summed E-state index contributed by atoms with van der Waals surface area (Å²) in [4.78, 5) is 41.0. The van der Waals surface area contributed by atoms with Crippen molar-refractivity contribution in [2.75, 3.05) is 18.0 Å². The molecule has 3 aromatic rings. The average Bonchev–Trinajstić information content (AvgIpc) is 3.33. The van der Waals surface area contributed by atoms with E-state index in [0.717, 1.165) is 47.5 Å². The largest absolute Gasteiger partial charge is 0.356 e. The number of thiophene rings is 1. The zero-order valence-corrected chi connectivity index (χ0v) is 15.8. The van der Waals surface area contributed by atoms with E-state index in [0.29, 0.717) is 0 Å². The summed E-state index contributed by atoms with van der Waals surface area (Å²) in [6.07, 6.45) is 6.42. The molecule has 2 N–H and O–H groups in total. The molecule has 5 heterocycles. The Morgan fingerprint density at radius 3 is 2.75 bits per heavy atom. The van der Waals surface area contributed by atoms with Crippen molar-refractivity contribution < 1.29 is 9.59 Å². The quantitative estimate of drug-likeness (QED) is 0.660. The summed E-state index contributed by atoms with van der Waals surface area (Å²) >= 11 is 1.60. The van der Waals surface area contributed by atoms with Gasteiger partial charge in [-0.1, -0.05) is 6.07 Å². The van der Waals surface area contributed by atoms with E-state index in [1.165, 1.54) is 0 Å². The van der Waals surface area contributed by atoms with Gasteiger partial charge < -0.3 is 10.2 Å². The lowest BCUT2D eigenvalue weighted by atomic mass is 9.73. The number of hydrogen-bond donors (Lipinski definition) is 2. The summed E-state index contributed by atoms with van der Waals surface area (Å²) in [5, 5.41) is 8.39. The summed E-state index contributed by atoms with van der Waals surface area (Å²) in [5.74, 6) is 0.602. The Bertz CT molecular complexity index is 1050. The zero-order chi connectivity index (χ0) is 19.1. The Morgan fingerprint density at radius 2 is 2.04 bits per heavy atom. The third-order valence-electron chi connectivity index (χ3n) is 5.66. The molecule has 8 nitrogen and oxygen atoms in total. The fourth-order valence-electron chi connectivity index (χ4n) is 4.34. The van der Waals surface area contributed by atoms with Gasteiger partial charge in [0.2, 0.25) is 0 Å². The first-order valence-electron chi connectivity index (χ1n) is 9.16. The number of piperidine rings is 1. The van der Waals surface area contributed by atoms with Gasteiger partial charge in [-0.2, -0.15) is 0 Å². The van der Waals surface area contributed by atoms with Crippen molar-refractivity contribution in [2.24, 2.45) is 5.92 Å². The SMILES string of the molecule is O=C1NC(=O)[C@@](c2cccnc2)(C2CCN(c3ncnc4sccc34)CC2)N1. The number of imide groups is 1. The number of anilines is 1. The molecule has 2 aliphatic heterocycles. The highest BCUT2D eigenvalue weighted by Gasteiger charge is 2.53. The van der Waals surface area contributed by atoms with Crippen LogP contribution in [0.5, 0.6) is 0 Å². The smallest absolute Gasteiger partial charge is 0.322 e. The monoisotopic (exact) mass is 394 g/mol. The van der Waals surface area contributed by atoms with E-state index in [9.17, 15) is 9.59 Å². The van der Waals surface area contributed by atoms with Crippen LogP contribution in [0.25, 0.3) is 10.2 Å². The molecule has 0 radical (unpaired) electrons. The number of carbonyl (C=O) groups is 2. The minimum Gasteiger partial charge on any atom is -0.356 e. The molecule has 0 aromatic carbocycles. The number of carbonyl (C=O) groups excluding carboxylic acids is 2. The van der Waals surface area contributed by atoms with Gasteiger partial charge in [-0.15, -0.1) is 11.3 Å². The number of aromatic nitrogens is 3. The van der Waals surface area contributed by atoms with Crippen LogP contribution in [0.2, 0.25) is 0 Å². The summed E-state index contributed by atoms with van der Waals surface area (Å²) in [5.41, 5.74) is -0.347. The minimum atomic E-state index is -1.07. The standard InChI is InChI=1S/C19H18N6O2S/c26-17-19(24-18(27)23-17,13-2-1-6-20-10-13)12-3-7-25(8-4-12)15-14-5-9-28-16(14)22-11-21-15/h1-2,5-6,9-12H,3-4,7-8H2,(H2,23,24,26,27)/t19-/m0/s1. The van der Waals surface area contributed by atoms with Crippen LogP contribution in [-0.4, -0.2) is 40.0 Å². The topological polar surface area (TPSA) is 100 Å². The Balaban J connectivity index is 1.44. The zero-order valence-electron chi connectivity index (χ0n) is 15.0. The fourth-order valence-corrected chi connectivity index (χ4v) is 5.07. The molecule has 2 saturated heterocycles. The molecule has 5 rings (SSSR count). The Labute approximate surface area is 165 Å². The number of amides is 3. The van der Waals surface area contributed by atoms with E-state index in [4.69, 9.17) is 0 Å². The van der Waals surface area contributed by atoms with Crippen LogP contribution < -0.4 is 15.5 Å². The second-order valence-electron chi connectivity index (χ2n) is 7.06. The highest BCUT2D eigenvalue weighted by molar-refractivity contribution is 7.16. The van der Waals surface area contributed by atoms with E-state index in [-0.39, 0.29) is 11.8 Å². The lowest BCUT2D eigenvalue weighted by Gasteiger charge is -2.41. The molecule has 0 saturated carbocycles. The lowest BCUT2D eigenvalue weighted by Crippen LogP contribution is -2.53. The number of hydrogen-bond acceptors (Lipinski definition) is 7. The summed E-state index contributed by atoms with van der Waals surface area (Å²) in [6, 6.07) is 5.23. The van der Waals surface area contributed by atoms with Gasteiger partial charge in [-0.05, 0) is 36.3 Å². The molecular formula is C19H18N6O2S. The molecule has 2 aliphatic rings. The van der Waals surface area contributed by atoms with Crippen LogP contribution in [0, 0.1) is 5.92 Å². The second-order valence-corrected chi connectivity index (χ2v) is 7.95. The summed E-state index contributed by atoms with van der Waals surface area (Å²) in [7, 11) is 0. The molecule has 0 unspecified atom stereocenters. The van der Waals surface area contributed by atoms with Gasteiger partial charge in [0.25, 0.3) is 5.91 Å². The highest BCUT2D eigenvalue weighted by atomic mass is 32.1. The van der Waals surface area contributed by atoms with Gasteiger partial charge in [-0.3, -0.25) is 15.1 Å². The number of fused-ring (bicyclic) bond motifs is 1. The van der Waals surface area contributed by atoms with Gasteiger partial charge in [0.15, 0.2) is 5.54 Å². The van der Waals surface area contributed by atoms with Crippen molar-refractivity contribution in [3.8, 4) is 0 Å². The molecular weight excluding hydrogens is 376 g/mol. The van der Waals surface area contributed by atoms with E-state index in [2.05, 4.69) is 30.5 Å². The number of urea groups is 1. The molecule has 28 heavy (non-hydrogen) atoms. The number of nitrogens with zero attached hydrogens (tertiary/aromatic N) is 4. The first-order valence-corrected chi connectivity index (χ1v) is 10.0. The van der Waals surface area contributed by atoms with Crippen molar-refractivity contribution >= 4 is 39.3 Å². The van der Waals surface area contributed by atoms with Crippen LogP contribution >= 0.6 is 11.3 Å². The van der Waals surface area contributed by atoms with E-state index in [1.54, 1.807) is 36.1 Å². The molecule has 142 valence electrons. The first-order chi connectivity index (χ1) is 13.7. The molecule has 0 spiro atoms. The minimum absolute atomic E-state index is 0.0285. The van der Waals surface area contributed by atoms with Gasteiger partial charge in [0.05, 0.1) is 5.39 Å². The maximum atomic E-state index is 12.8. The second kappa shape index (κ2) is 6.52. The third-order valence-corrected chi connectivity index (χ3v) is 6.48. The van der Waals surface area contributed by atoms with Crippen LogP contribution in [0.1, 0.15) is 18.4 Å². The molecule has 0 bridgehead atoms. The fraction of sp³-hybridized carbons (Fsp3) is 0.316. The Morgan fingerprint density at radius 1 is 1.18 bits per heavy atom. The average molecular weight is 394 g/mol. The van der Waals surface area contributed by atoms with Crippen molar-refractivity contribution in [2.45, 2.75) is 18.4 Å². The van der Waals surface area contributed by atoms with Crippen LogP contribution in [0.15, 0.2) is 42.3 Å². The van der Waals surface area contributed by atoms with Crippen molar-refractivity contribution in [1.82, 2.24) is 25.6 Å². The van der Waals surface area contributed by atoms with Crippen molar-refractivity contribution in [1.29, 1.82) is 0 Å². The van der Waals surface area contributed by atoms with Gasteiger partial charge >= 0.3 is 6.03 Å². The summed E-state index contributed by atoms with van der Waals surface area (Å²) in [6.45, 7) is 1.50. The lowest BCUT2D eigenvalue weighted by molar-refractivity contribution is -0.126. The van der Waals surface area contributed by atoms with Gasteiger partial charge in [0, 0.05) is 31.0 Å². The van der Waals surface area contributed by atoms with E-state index >= 15 is 0 Å². The number of rotatable bonds is 3. The normalized spacial score (nSPS) is 23.1. The maximum Gasteiger partial charge on any atom is 0.322 e. The first kappa shape index (κ1) is 17.1. The Kier molecular flexibility index (Phi) is 3.97. The maximum absolute atomic E-state index is 12.8. The highest BCUT2D eigenvalue weighted by Crippen LogP contribution is 2.40. The molecule has 9 heteroatoms. The summed E-state index contributed by atoms with van der Waals surface area (Å²) < 4.78 is 0. The van der Waals surface area contributed by atoms with Crippen LogP contribution in [0.4, 0.5) is 10.6 Å². The number of pyridine rings is 1. The molecule has 3 amide bonds. The van der Waals surface area contributed by atoms with E-state index in [1.807, 2.05) is 17.5 Å². The van der Waals surface area contributed by atoms with Gasteiger partial charge in [0.1, 0.15) is 17.0 Å². The predicted molar refractivity (Wildman–Crippen MR) is 105 cm³/mol. The van der Waals surface area contributed by atoms with Gasteiger partial charge in [-0.25, -0.2) is 14.8 Å². The van der Waals surface area contributed by atoms with Crippen LogP contribution in [0.3, 0.4) is 0 Å². The molecule has 2 fully saturated rings. The van der Waals surface area contributed by atoms with Crippen molar-refractivity contribution in [3.63, 3.8) is 0 Å². The third kappa shape index (κ3) is 2.54. The Hall–Kier alpha value is -3.07. The molecule has 0 aliphatic carbocycles.